The quantitative estimate of drug-likeness (QED) is 0.0416. The average Bonchev–Trinajstić information content (AvgIpc) is 0.694. The molecule has 0 spiro atoms. The molecule has 514 valence electrons. The molecule has 0 amide bonds. The molecule has 20 heteroatoms. The van der Waals surface area contributed by atoms with Crippen molar-refractivity contribution in [1.29, 1.82) is 0 Å². The molecule has 0 N–H and O–H groups in total. The van der Waals surface area contributed by atoms with Crippen LogP contribution in [0.3, 0.4) is 0 Å². The van der Waals surface area contributed by atoms with Crippen molar-refractivity contribution in [3.63, 3.8) is 0 Å². The standard InChI is InChI=1S/C80H94N20/c1-17-51-73(52(18-2)82-39-81-51)97(74-53(19-3)83-40-84-54(74)20-4)67-37-68(98(75-55(21-5)85-41-86-56(75)22-6)76-57(23-7)87-42-88-58(76)24-8)48-35-36-50-70(100(79-63(29-13)93-45-94-64(79)30-14)80-65(31-15)95-46-96-66(80)32-16)38-69(49-34-33-47(67)71(48)72(49)50)99(77-59(25-9)89-43-90-60(77)26-10)78-61(27-11)91-44-92-62(78)28-12/h33-46H,17-32H2,1-16H3. The van der Waals surface area contributed by atoms with Crippen LogP contribution in [0.15, 0.2) is 87.0 Å². The third-order valence-corrected chi connectivity index (χ3v) is 19.7. The Hall–Kier alpha value is -10.2. The summed E-state index contributed by atoms with van der Waals surface area (Å²) in [6, 6.07) is 14.2. The Kier molecular flexibility index (Phi) is 21.2. The molecule has 12 aromatic rings. The van der Waals surface area contributed by atoms with E-state index in [0.29, 0.717) is 103 Å². The molecule has 0 atom stereocenters. The lowest BCUT2D eigenvalue weighted by molar-refractivity contribution is 0.893. The Bertz CT molecular complexity index is 3950. The topological polar surface area (TPSA) is 219 Å². The van der Waals surface area contributed by atoms with Gasteiger partial charge in [-0.3, -0.25) is 0 Å². The summed E-state index contributed by atoms with van der Waals surface area (Å²) >= 11 is 0. The summed E-state index contributed by atoms with van der Waals surface area (Å²) < 4.78 is 0. The van der Waals surface area contributed by atoms with E-state index in [9.17, 15) is 0 Å². The summed E-state index contributed by atoms with van der Waals surface area (Å²) in [7, 11) is 0. The number of hydrogen-bond acceptors (Lipinski definition) is 20. The van der Waals surface area contributed by atoms with Gasteiger partial charge in [0.1, 0.15) is 50.6 Å². The molecule has 8 heterocycles. The van der Waals surface area contributed by atoms with Gasteiger partial charge in [-0.25, -0.2) is 79.7 Å². The first kappa shape index (κ1) is 69.7. The van der Waals surface area contributed by atoms with Gasteiger partial charge in [0.25, 0.3) is 0 Å². The summed E-state index contributed by atoms with van der Waals surface area (Å²) in [4.78, 5) is 92.9. The maximum atomic E-state index is 5.19. The molecule has 0 radical (unpaired) electrons. The van der Waals surface area contributed by atoms with E-state index in [-0.39, 0.29) is 0 Å². The van der Waals surface area contributed by atoms with Crippen molar-refractivity contribution in [2.75, 3.05) is 19.6 Å². The highest BCUT2D eigenvalue weighted by Crippen LogP contribution is 2.58. The zero-order valence-corrected chi connectivity index (χ0v) is 61.3. The first-order valence-corrected chi connectivity index (χ1v) is 36.6. The second-order valence-corrected chi connectivity index (χ2v) is 24.8. The molecule has 0 aliphatic rings. The number of hydrogen-bond donors (Lipinski definition) is 0. The van der Waals surface area contributed by atoms with Gasteiger partial charge in [-0.05, 0) is 115 Å². The molecule has 0 fully saturated rings. The van der Waals surface area contributed by atoms with E-state index in [1.165, 1.54) is 0 Å². The van der Waals surface area contributed by atoms with E-state index in [2.05, 4.69) is 167 Å². The Morgan fingerprint density at radius 3 is 0.390 bits per heavy atom. The van der Waals surface area contributed by atoms with Crippen LogP contribution >= 0.6 is 0 Å². The van der Waals surface area contributed by atoms with E-state index in [1.807, 2.05) is 0 Å². The summed E-state index contributed by atoms with van der Waals surface area (Å²) in [6.07, 6.45) is 23.8. The van der Waals surface area contributed by atoms with Gasteiger partial charge >= 0.3 is 0 Å². The fourth-order valence-electron chi connectivity index (χ4n) is 14.9. The zero-order chi connectivity index (χ0) is 70.5. The number of aryl methyl sites for hydroxylation is 16. The molecule has 0 bridgehead atoms. The third-order valence-electron chi connectivity index (χ3n) is 19.7. The minimum Gasteiger partial charge on any atom is -0.303 e. The molecule has 0 saturated carbocycles. The van der Waals surface area contributed by atoms with Crippen LogP contribution in [0, 0.1) is 0 Å². The first-order chi connectivity index (χ1) is 49.0. The van der Waals surface area contributed by atoms with E-state index in [0.717, 1.165) is 192 Å². The van der Waals surface area contributed by atoms with Crippen LogP contribution in [0.25, 0.3) is 32.3 Å². The normalized spacial score (nSPS) is 11.6. The van der Waals surface area contributed by atoms with Crippen LogP contribution in [0.4, 0.5) is 68.2 Å². The maximum absolute atomic E-state index is 5.19. The number of anilines is 12. The largest absolute Gasteiger partial charge is 0.303 e. The fraction of sp³-hybridized carbons (Fsp3) is 0.400. The Labute approximate surface area is 588 Å². The van der Waals surface area contributed by atoms with Crippen molar-refractivity contribution in [3.8, 4) is 0 Å². The van der Waals surface area contributed by atoms with Gasteiger partial charge in [0.2, 0.25) is 0 Å². The summed E-state index contributed by atoms with van der Waals surface area (Å²) in [6.45, 7) is 34.9. The lowest BCUT2D eigenvalue weighted by Crippen LogP contribution is -2.24. The summed E-state index contributed by atoms with van der Waals surface area (Å²) in [5, 5.41) is 5.90. The average molecular weight is 1340 g/mol. The summed E-state index contributed by atoms with van der Waals surface area (Å²) in [5.41, 5.74) is 25.1. The van der Waals surface area contributed by atoms with Crippen molar-refractivity contribution < 1.29 is 0 Å². The predicted octanol–water partition coefficient (Wildman–Crippen LogP) is 17.8. The second-order valence-electron chi connectivity index (χ2n) is 24.8. The molecule has 8 aromatic heterocycles. The molecule has 0 unspecified atom stereocenters. The highest BCUT2D eigenvalue weighted by molar-refractivity contribution is 6.33. The molecule has 4 aromatic carbocycles. The molecule has 12 rings (SSSR count). The Morgan fingerprint density at radius 2 is 0.290 bits per heavy atom. The van der Waals surface area contributed by atoms with Crippen LogP contribution in [-0.4, -0.2) is 79.7 Å². The number of aromatic nitrogens is 16. The van der Waals surface area contributed by atoms with Crippen molar-refractivity contribution >= 4 is 101 Å². The van der Waals surface area contributed by atoms with Crippen molar-refractivity contribution in [2.24, 2.45) is 0 Å². The van der Waals surface area contributed by atoms with E-state index in [4.69, 9.17) is 79.7 Å². The van der Waals surface area contributed by atoms with Gasteiger partial charge < -0.3 is 19.6 Å². The number of rotatable bonds is 28. The van der Waals surface area contributed by atoms with Crippen molar-refractivity contribution in [3.05, 3.63) is 178 Å². The minimum absolute atomic E-state index is 0.625. The Balaban J connectivity index is 1.45. The zero-order valence-electron chi connectivity index (χ0n) is 61.3. The van der Waals surface area contributed by atoms with Crippen LogP contribution in [0.2, 0.25) is 0 Å². The number of benzene rings is 4. The van der Waals surface area contributed by atoms with Crippen LogP contribution in [0.1, 0.15) is 202 Å². The summed E-state index contributed by atoms with van der Waals surface area (Å²) in [5.74, 6) is 0. The van der Waals surface area contributed by atoms with Crippen LogP contribution in [0.5, 0.6) is 0 Å². The smallest absolute Gasteiger partial charge is 0.116 e. The van der Waals surface area contributed by atoms with E-state index >= 15 is 0 Å². The van der Waals surface area contributed by atoms with Crippen LogP contribution < -0.4 is 19.6 Å². The molecular formula is C80H94N20. The fourth-order valence-corrected chi connectivity index (χ4v) is 14.9. The first-order valence-electron chi connectivity index (χ1n) is 36.6. The monoisotopic (exact) mass is 1330 g/mol. The van der Waals surface area contributed by atoms with E-state index in [1.54, 1.807) is 50.6 Å². The highest BCUT2D eigenvalue weighted by Gasteiger charge is 2.37. The molecule has 0 aliphatic carbocycles. The number of nitrogens with zero attached hydrogens (tertiary/aromatic N) is 20. The third kappa shape index (κ3) is 11.9. The van der Waals surface area contributed by atoms with Crippen molar-refractivity contribution in [2.45, 2.75) is 214 Å². The van der Waals surface area contributed by atoms with Crippen molar-refractivity contribution in [1.82, 2.24) is 79.7 Å². The molecule has 20 nitrogen and oxygen atoms in total. The van der Waals surface area contributed by atoms with Gasteiger partial charge in [0, 0.05) is 32.3 Å². The van der Waals surface area contributed by atoms with Gasteiger partial charge in [0.15, 0.2) is 0 Å². The van der Waals surface area contributed by atoms with E-state index < -0.39 is 0 Å². The lowest BCUT2D eigenvalue weighted by atomic mass is 9.88. The Morgan fingerprint density at radius 1 is 0.180 bits per heavy atom. The highest BCUT2D eigenvalue weighted by atomic mass is 15.2. The predicted molar refractivity (Wildman–Crippen MR) is 404 cm³/mol. The SMILES string of the molecule is CCc1ncnc(CC)c1N(c1c(CC)ncnc1CC)c1cc(N(c2c(CC)ncnc2CC)c2c(CC)ncnc2CC)c2ccc3c(N(c4c(CC)ncnc4CC)c4c(CC)ncnc4CC)cc(N(c4c(CC)ncnc4CC)c4c(CC)ncnc4CC)c4ccc1c2c43. The molecule has 100 heavy (non-hydrogen) atoms. The minimum atomic E-state index is 0.625. The van der Waals surface area contributed by atoms with Gasteiger partial charge in [-0.2, -0.15) is 0 Å². The second kappa shape index (κ2) is 30.5. The van der Waals surface area contributed by atoms with Crippen LogP contribution in [-0.2, 0) is 103 Å². The molecule has 0 aliphatic heterocycles. The lowest BCUT2D eigenvalue weighted by Gasteiger charge is -2.37. The molecule has 0 saturated heterocycles. The van der Waals surface area contributed by atoms with Gasteiger partial charge in [0.05, 0.1) is 159 Å². The van der Waals surface area contributed by atoms with Gasteiger partial charge in [-0.1, -0.05) is 135 Å². The maximum Gasteiger partial charge on any atom is 0.116 e. The van der Waals surface area contributed by atoms with Gasteiger partial charge in [-0.15, -0.1) is 0 Å². The molecular weight excluding hydrogens is 1240 g/mol.